The molecule has 0 aromatic rings. The highest BCUT2D eigenvalue weighted by atomic mass is 16.3. The van der Waals surface area contributed by atoms with Gasteiger partial charge in [-0.3, -0.25) is 0 Å². The molecule has 0 spiro atoms. The molecule has 3 heteroatoms. The zero-order valence-electron chi connectivity index (χ0n) is 8.24. The Hall–Kier alpha value is -0.120. The number of nitrogens with zero attached hydrogens (tertiary/aromatic N) is 2. The number of hydrogen-bond acceptors (Lipinski definition) is 3. The van der Waals surface area contributed by atoms with Gasteiger partial charge in [0.05, 0.1) is 6.10 Å². The largest absolute Gasteiger partial charge is 0.392 e. The van der Waals surface area contributed by atoms with Crippen LogP contribution in [0.5, 0.6) is 0 Å². The summed E-state index contributed by atoms with van der Waals surface area (Å²) in [6, 6.07) is 0. The van der Waals surface area contributed by atoms with Crippen LogP contribution in [0.15, 0.2) is 0 Å². The van der Waals surface area contributed by atoms with Gasteiger partial charge in [0, 0.05) is 50.6 Å². The minimum Gasteiger partial charge on any atom is -0.392 e. The summed E-state index contributed by atoms with van der Waals surface area (Å²) in [6.07, 6.45) is -0.0573. The Balaban J connectivity index is 1.98. The number of aliphatic hydroxyl groups excluding tert-OH is 1. The van der Waals surface area contributed by atoms with Gasteiger partial charge in [-0.2, -0.15) is 0 Å². The summed E-state index contributed by atoms with van der Waals surface area (Å²) in [5.74, 6) is 0.509. The molecule has 4 saturated heterocycles. The first kappa shape index (κ1) is 8.21. The monoisotopic (exact) mass is 182 g/mol. The lowest BCUT2D eigenvalue weighted by atomic mass is 9.71. The van der Waals surface area contributed by atoms with Crippen LogP contribution < -0.4 is 0 Å². The van der Waals surface area contributed by atoms with E-state index in [4.69, 9.17) is 0 Å². The molecule has 0 radical (unpaired) electrons. The molecular formula is C10H18N2O. The molecule has 3 atom stereocenters. The molecular weight excluding hydrogens is 164 g/mol. The van der Waals surface area contributed by atoms with E-state index in [1.54, 1.807) is 0 Å². The average molecular weight is 182 g/mol. The quantitative estimate of drug-likeness (QED) is 0.553. The number of hydrogen-bond donors (Lipinski definition) is 1. The molecule has 3 nitrogen and oxygen atoms in total. The predicted molar refractivity (Wildman–Crippen MR) is 50.5 cm³/mol. The normalized spacial score (nSPS) is 59.5. The number of piperidine rings is 2. The van der Waals surface area contributed by atoms with Crippen LogP contribution in [0, 0.1) is 11.3 Å². The summed E-state index contributed by atoms with van der Waals surface area (Å²) in [7, 11) is 0. The Morgan fingerprint density at radius 2 is 1.69 bits per heavy atom. The van der Waals surface area contributed by atoms with E-state index in [9.17, 15) is 5.11 Å². The van der Waals surface area contributed by atoms with Crippen LogP contribution in [-0.4, -0.2) is 60.3 Å². The van der Waals surface area contributed by atoms with Gasteiger partial charge in [0.15, 0.2) is 0 Å². The van der Waals surface area contributed by atoms with Gasteiger partial charge < -0.3 is 14.9 Å². The molecule has 4 aliphatic heterocycles. The molecule has 4 bridgehead atoms. The Morgan fingerprint density at radius 3 is 2.15 bits per heavy atom. The van der Waals surface area contributed by atoms with Crippen LogP contribution in [0.25, 0.3) is 0 Å². The van der Waals surface area contributed by atoms with Crippen LogP contribution in [0.2, 0.25) is 0 Å². The Labute approximate surface area is 79.3 Å². The lowest BCUT2D eigenvalue weighted by Crippen LogP contribution is -2.62. The smallest absolute Gasteiger partial charge is 0.0670 e. The van der Waals surface area contributed by atoms with Gasteiger partial charge in [-0.1, -0.05) is 6.92 Å². The van der Waals surface area contributed by atoms with Crippen molar-refractivity contribution in [3.8, 4) is 0 Å². The summed E-state index contributed by atoms with van der Waals surface area (Å²) >= 11 is 0. The summed E-state index contributed by atoms with van der Waals surface area (Å²) in [4.78, 5) is 5.06. The number of aliphatic hydroxyl groups is 1. The van der Waals surface area contributed by atoms with E-state index in [-0.39, 0.29) is 11.5 Å². The van der Waals surface area contributed by atoms with Crippen molar-refractivity contribution in [1.82, 2.24) is 9.80 Å². The van der Waals surface area contributed by atoms with E-state index in [0.717, 1.165) is 26.2 Å². The van der Waals surface area contributed by atoms with Gasteiger partial charge in [-0.05, 0) is 0 Å². The van der Waals surface area contributed by atoms with Crippen molar-refractivity contribution in [3.05, 3.63) is 0 Å². The highest BCUT2D eigenvalue weighted by Gasteiger charge is 2.50. The first-order valence-electron chi connectivity index (χ1n) is 5.30. The second-order valence-electron chi connectivity index (χ2n) is 5.33. The van der Waals surface area contributed by atoms with Crippen LogP contribution >= 0.6 is 0 Å². The highest BCUT2D eigenvalue weighted by molar-refractivity contribution is 5.03. The van der Waals surface area contributed by atoms with E-state index in [1.165, 1.54) is 13.1 Å². The van der Waals surface area contributed by atoms with Gasteiger partial charge in [0.1, 0.15) is 0 Å². The van der Waals surface area contributed by atoms with Crippen LogP contribution in [-0.2, 0) is 0 Å². The predicted octanol–water partition coefficient (Wildman–Crippen LogP) is -0.385. The third-order valence-corrected chi connectivity index (χ3v) is 4.05. The zero-order chi connectivity index (χ0) is 9.05. The fourth-order valence-corrected chi connectivity index (χ4v) is 3.50. The third kappa shape index (κ3) is 1.07. The van der Waals surface area contributed by atoms with Crippen molar-refractivity contribution in [2.75, 3.05) is 39.3 Å². The second kappa shape index (κ2) is 2.47. The fourth-order valence-electron chi connectivity index (χ4n) is 3.50. The molecule has 0 amide bonds. The number of rotatable bonds is 0. The minimum absolute atomic E-state index is 0.0573. The number of fused-ring (bicyclic) bond motifs is 1. The molecule has 2 unspecified atom stereocenters. The maximum absolute atomic E-state index is 10.2. The first-order chi connectivity index (χ1) is 6.17. The van der Waals surface area contributed by atoms with Gasteiger partial charge >= 0.3 is 0 Å². The molecule has 4 aliphatic rings. The van der Waals surface area contributed by atoms with Crippen LogP contribution in [0.4, 0.5) is 0 Å². The molecule has 0 aliphatic carbocycles. The first-order valence-corrected chi connectivity index (χ1v) is 5.30. The molecule has 1 N–H and O–H groups in total. The Morgan fingerprint density at radius 1 is 1.15 bits per heavy atom. The van der Waals surface area contributed by atoms with Crippen LogP contribution in [0.3, 0.4) is 0 Å². The molecule has 4 rings (SSSR count). The lowest BCUT2D eigenvalue weighted by Gasteiger charge is -2.51. The van der Waals surface area contributed by atoms with Gasteiger partial charge in [-0.15, -0.1) is 0 Å². The molecule has 13 heavy (non-hydrogen) atoms. The topological polar surface area (TPSA) is 26.7 Å². The molecule has 4 fully saturated rings. The summed E-state index contributed by atoms with van der Waals surface area (Å²) < 4.78 is 0. The van der Waals surface area contributed by atoms with E-state index < -0.39 is 0 Å². The van der Waals surface area contributed by atoms with Gasteiger partial charge in [0.25, 0.3) is 0 Å². The SMILES string of the molecule is CC12CN3CCN(CC(C3)[C@@H]1O)C2. The average Bonchev–Trinajstić information content (AvgIpc) is 2.28. The van der Waals surface area contributed by atoms with Crippen molar-refractivity contribution in [2.24, 2.45) is 11.3 Å². The van der Waals surface area contributed by atoms with E-state index in [1.807, 2.05) is 0 Å². The molecule has 0 aromatic heterocycles. The van der Waals surface area contributed by atoms with Crippen LogP contribution in [0.1, 0.15) is 6.92 Å². The van der Waals surface area contributed by atoms with Crippen molar-refractivity contribution < 1.29 is 5.11 Å². The summed E-state index contributed by atoms with van der Waals surface area (Å²) in [5, 5.41) is 10.2. The van der Waals surface area contributed by atoms with Crippen molar-refractivity contribution in [3.63, 3.8) is 0 Å². The Kier molecular flexibility index (Phi) is 1.56. The molecule has 0 saturated carbocycles. The molecule has 0 aromatic carbocycles. The van der Waals surface area contributed by atoms with Crippen molar-refractivity contribution in [1.29, 1.82) is 0 Å². The molecule has 74 valence electrons. The standard InChI is InChI=1S/C10H18N2O/c1-10-6-11-2-3-12(7-10)5-8(4-11)9(10)13/h8-9,13H,2-7H2,1H3/t8?,9-,10?/m0/s1. The maximum Gasteiger partial charge on any atom is 0.0670 e. The van der Waals surface area contributed by atoms with Crippen molar-refractivity contribution in [2.45, 2.75) is 13.0 Å². The fraction of sp³-hybridized carbons (Fsp3) is 1.00. The van der Waals surface area contributed by atoms with Gasteiger partial charge in [-0.25, -0.2) is 0 Å². The third-order valence-electron chi connectivity index (χ3n) is 4.05. The lowest BCUT2D eigenvalue weighted by molar-refractivity contribution is -0.106. The van der Waals surface area contributed by atoms with Gasteiger partial charge in [0.2, 0.25) is 0 Å². The van der Waals surface area contributed by atoms with E-state index >= 15 is 0 Å². The van der Waals surface area contributed by atoms with Crippen molar-refractivity contribution >= 4 is 0 Å². The second-order valence-corrected chi connectivity index (χ2v) is 5.33. The highest BCUT2D eigenvalue weighted by Crippen LogP contribution is 2.40. The maximum atomic E-state index is 10.2. The summed E-state index contributed by atoms with van der Waals surface area (Å²) in [6.45, 7) is 9.09. The molecule has 4 heterocycles. The summed E-state index contributed by atoms with van der Waals surface area (Å²) in [5.41, 5.74) is 0.150. The Bertz CT molecular complexity index is 215. The van der Waals surface area contributed by atoms with E-state index in [2.05, 4.69) is 16.7 Å². The van der Waals surface area contributed by atoms with E-state index in [0.29, 0.717) is 5.92 Å². The zero-order valence-corrected chi connectivity index (χ0v) is 8.24. The minimum atomic E-state index is -0.0573.